The number of furan rings is 2. The van der Waals surface area contributed by atoms with Crippen LogP contribution in [0.5, 0.6) is 0 Å². The number of hydrogen-bond donors (Lipinski definition) is 0. The lowest BCUT2D eigenvalue weighted by Crippen LogP contribution is -2.09. The van der Waals surface area contributed by atoms with Gasteiger partial charge >= 0.3 is 0 Å². The molecule has 13 rings (SSSR count). The largest absolute Gasteiger partial charge is 0.456 e. The minimum Gasteiger partial charge on any atom is -0.456 e. The number of pyridine rings is 1. The van der Waals surface area contributed by atoms with Gasteiger partial charge in [0.1, 0.15) is 27.2 Å². The zero-order chi connectivity index (χ0) is 40.7. The molecule has 62 heavy (non-hydrogen) atoms. The fourth-order valence-electron chi connectivity index (χ4n) is 9.16. The first kappa shape index (κ1) is 34.8. The molecule has 0 amide bonds. The van der Waals surface area contributed by atoms with E-state index < -0.39 is 0 Å². The van der Waals surface area contributed by atoms with Crippen LogP contribution in [-0.2, 0) is 0 Å². The first-order chi connectivity index (χ1) is 30.7. The average molecular weight is 811 g/mol. The first-order valence-electron chi connectivity index (χ1n) is 20.8. The highest BCUT2D eigenvalue weighted by atomic mass is 32.1. The molecule has 0 aliphatic heterocycles. The van der Waals surface area contributed by atoms with Crippen LogP contribution in [0.15, 0.2) is 215 Å². The van der Waals surface area contributed by atoms with Crippen molar-refractivity contribution in [3.63, 3.8) is 0 Å². The standard InChI is InChI=1S/C57H34N2O2S/c1-4-10-52-45(7-1)47-27-20-39(33-54(47)60-52)35-15-22-42(23-16-35)59(43-24-17-36(18-25-43)40-21-28-48-46-8-2-5-11-53(46)61-55(48)34-40)44-26-19-37-31-41(14-13-38(37)32-44)51-30-29-50-49-9-3-6-12-56(49)62-57(50)58-51/h1-34H. The van der Waals surface area contributed by atoms with Gasteiger partial charge in [0.25, 0.3) is 0 Å². The molecule has 0 aliphatic rings. The SMILES string of the molecule is c1ccc2c(c1)oc1cc(-c3ccc(N(c4ccc(-c5ccc6c(c5)oc5ccccc56)cc4)c4ccc5cc(-c6ccc7c(n6)sc6ccccc67)ccc5c4)cc3)ccc12. The minimum atomic E-state index is 0.893. The smallest absolute Gasteiger partial charge is 0.136 e. The number of rotatable bonds is 6. The Morgan fingerprint density at radius 3 is 1.47 bits per heavy atom. The maximum absolute atomic E-state index is 6.25. The summed E-state index contributed by atoms with van der Waals surface area (Å²) in [4.78, 5) is 8.52. The van der Waals surface area contributed by atoms with Gasteiger partial charge in [0.05, 0.1) is 5.69 Å². The van der Waals surface area contributed by atoms with E-state index in [9.17, 15) is 0 Å². The summed E-state index contributed by atoms with van der Waals surface area (Å²) in [6, 6.07) is 73.4. The quantitative estimate of drug-likeness (QED) is 0.168. The highest BCUT2D eigenvalue weighted by Gasteiger charge is 2.17. The van der Waals surface area contributed by atoms with Crippen molar-refractivity contribution < 1.29 is 8.83 Å². The molecule has 4 heterocycles. The maximum atomic E-state index is 6.25. The zero-order valence-electron chi connectivity index (χ0n) is 33.2. The van der Waals surface area contributed by atoms with Crippen molar-refractivity contribution in [2.45, 2.75) is 0 Å². The lowest BCUT2D eigenvalue weighted by atomic mass is 10.0. The van der Waals surface area contributed by atoms with Gasteiger partial charge in [-0.25, -0.2) is 4.98 Å². The molecule has 9 aromatic carbocycles. The molecular formula is C57H34N2O2S. The summed E-state index contributed by atoms with van der Waals surface area (Å²) in [6.45, 7) is 0. The van der Waals surface area contributed by atoms with Crippen molar-refractivity contribution in [1.29, 1.82) is 0 Å². The van der Waals surface area contributed by atoms with E-state index in [1.165, 1.54) is 15.5 Å². The molecule has 0 bridgehead atoms. The van der Waals surface area contributed by atoms with Crippen LogP contribution in [0.2, 0.25) is 0 Å². The monoisotopic (exact) mass is 810 g/mol. The molecule has 5 heteroatoms. The molecule has 4 aromatic heterocycles. The predicted octanol–water partition coefficient (Wildman–Crippen LogP) is 16.9. The molecule has 0 saturated carbocycles. The van der Waals surface area contributed by atoms with Gasteiger partial charge in [-0.15, -0.1) is 11.3 Å². The van der Waals surface area contributed by atoms with Crippen LogP contribution >= 0.6 is 11.3 Å². The Balaban J connectivity index is 0.875. The van der Waals surface area contributed by atoms with Crippen LogP contribution in [0.25, 0.3) is 108 Å². The topological polar surface area (TPSA) is 42.4 Å². The van der Waals surface area contributed by atoms with Gasteiger partial charge in [0, 0.05) is 59.6 Å². The van der Waals surface area contributed by atoms with Crippen molar-refractivity contribution in [3.05, 3.63) is 206 Å². The Morgan fingerprint density at radius 2 is 0.823 bits per heavy atom. The van der Waals surface area contributed by atoms with E-state index in [1.54, 1.807) is 11.3 Å². The second kappa shape index (κ2) is 13.8. The van der Waals surface area contributed by atoms with Crippen LogP contribution in [0.4, 0.5) is 17.1 Å². The van der Waals surface area contributed by atoms with Gasteiger partial charge in [-0.05, 0) is 130 Å². The second-order valence-corrected chi connectivity index (χ2v) is 17.0. The maximum Gasteiger partial charge on any atom is 0.136 e. The minimum absolute atomic E-state index is 0.893. The molecule has 4 nitrogen and oxygen atoms in total. The third-order valence-electron chi connectivity index (χ3n) is 12.3. The molecule has 290 valence electrons. The third-order valence-corrected chi connectivity index (χ3v) is 13.4. The van der Waals surface area contributed by atoms with Crippen molar-refractivity contribution in [1.82, 2.24) is 4.98 Å². The molecule has 0 saturated heterocycles. The van der Waals surface area contributed by atoms with Gasteiger partial charge in [0.15, 0.2) is 0 Å². The van der Waals surface area contributed by atoms with E-state index >= 15 is 0 Å². The Labute approximate surface area is 360 Å². The molecule has 0 spiro atoms. The van der Waals surface area contributed by atoms with E-state index in [-0.39, 0.29) is 0 Å². The van der Waals surface area contributed by atoms with E-state index in [0.29, 0.717) is 0 Å². The van der Waals surface area contributed by atoms with Crippen LogP contribution < -0.4 is 4.90 Å². The highest BCUT2D eigenvalue weighted by Crippen LogP contribution is 2.41. The van der Waals surface area contributed by atoms with E-state index in [1.807, 2.05) is 24.3 Å². The van der Waals surface area contributed by atoms with Crippen molar-refractivity contribution in [2.75, 3.05) is 4.90 Å². The number of para-hydroxylation sites is 2. The fourth-order valence-corrected chi connectivity index (χ4v) is 10.2. The predicted molar refractivity (Wildman–Crippen MR) is 260 cm³/mol. The Bertz CT molecular complexity index is 3720. The normalized spacial score (nSPS) is 11.9. The highest BCUT2D eigenvalue weighted by molar-refractivity contribution is 7.25. The van der Waals surface area contributed by atoms with Crippen LogP contribution in [-0.4, -0.2) is 4.98 Å². The molecule has 0 unspecified atom stereocenters. The average Bonchev–Trinajstić information content (AvgIpc) is 4.02. The van der Waals surface area contributed by atoms with Gasteiger partial charge in [0.2, 0.25) is 0 Å². The summed E-state index contributed by atoms with van der Waals surface area (Å²) in [5.74, 6) is 0. The van der Waals surface area contributed by atoms with Gasteiger partial charge in [-0.3, -0.25) is 0 Å². The van der Waals surface area contributed by atoms with Crippen molar-refractivity contribution in [2.24, 2.45) is 0 Å². The van der Waals surface area contributed by atoms with Gasteiger partial charge in [-0.1, -0.05) is 109 Å². The summed E-state index contributed by atoms with van der Waals surface area (Å²) in [5, 5.41) is 9.33. The van der Waals surface area contributed by atoms with E-state index in [4.69, 9.17) is 13.8 Å². The number of hydrogen-bond acceptors (Lipinski definition) is 5. The Morgan fingerprint density at radius 1 is 0.339 bits per heavy atom. The number of benzene rings is 9. The van der Waals surface area contributed by atoms with Crippen LogP contribution in [0.1, 0.15) is 0 Å². The second-order valence-electron chi connectivity index (χ2n) is 15.9. The van der Waals surface area contributed by atoms with Gasteiger partial charge in [-0.2, -0.15) is 0 Å². The van der Waals surface area contributed by atoms with Gasteiger partial charge < -0.3 is 13.7 Å². The van der Waals surface area contributed by atoms with Crippen molar-refractivity contribution in [3.8, 4) is 33.5 Å². The molecule has 0 atom stereocenters. The van der Waals surface area contributed by atoms with Crippen LogP contribution in [0, 0.1) is 0 Å². The molecule has 13 aromatic rings. The summed E-state index contributed by atoms with van der Waals surface area (Å²) in [5.41, 5.74) is 13.4. The molecule has 0 aliphatic carbocycles. The molecule has 0 fully saturated rings. The van der Waals surface area contributed by atoms with E-state index in [2.05, 4.69) is 187 Å². The summed E-state index contributed by atoms with van der Waals surface area (Å²) >= 11 is 1.75. The van der Waals surface area contributed by atoms with Crippen molar-refractivity contribution >= 4 is 103 Å². The first-order valence-corrected chi connectivity index (χ1v) is 21.6. The Hall–Kier alpha value is -7.99. The van der Waals surface area contributed by atoms with E-state index in [0.717, 1.165) is 110 Å². The molecule has 0 N–H and O–H groups in total. The summed E-state index contributed by atoms with van der Waals surface area (Å²) in [7, 11) is 0. The number of nitrogens with zero attached hydrogens (tertiary/aromatic N) is 2. The lowest BCUT2D eigenvalue weighted by Gasteiger charge is -2.26. The third kappa shape index (κ3) is 5.71. The van der Waals surface area contributed by atoms with Crippen LogP contribution in [0.3, 0.4) is 0 Å². The fraction of sp³-hybridized carbons (Fsp3) is 0. The molecule has 0 radical (unpaired) electrons. The summed E-state index contributed by atoms with van der Waals surface area (Å²) < 4.78 is 13.8. The number of fused-ring (bicyclic) bond motifs is 10. The summed E-state index contributed by atoms with van der Waals surface area (Å²) in [6.07, 6.45) is 0. The zero-order valence-corrected chi connectivity index (χ0v) is 34.1. The molecular weight excluding hydrogens is 777 g/mol. The number of aromatic nitrogens is 1. The lowest BCUT2D eigenvalue weighted by molar-refractivity contribution is 0.668. The number of anilines is 3. The number of thiophene rings is 1. The Kier molecular flexibility index (Phi) is 7.74.